The number of piperidine rings is 1. The molecule has 16 heavy (non-hydrogen) atoms. The Labute approximate surface area is 96.3 Å². The molecular formula is C12H21NO3. The lowest BCUT2D eigenvalue weighted by Crippen LogP contribution is -2.46. The lowest BCUT2D eigenvalue weighted by Gasteiger charge is -2.39. The molecule has 0 aromatic heterocycles. The second kappa shape index (κ2) is 4.72. The van der Waals surface area contributed by atoms with E-state index in [2.05, 4.69) is 0 Å². The van der Waals surface area contributed by atoms with Crippen molar-refractivity contribution in [2.45, 2.75) is 32.1 Å². The van der Waals surface area contributed by atoms with Gasteiger partial charge >= 0.3 is 0 Å². The van der Waals surface area contributed by atoms with Crippen molar-refractivity contribution in [3.8, 4) is 0 Å². The molecule has 2 rings (SSSR count). The highest BCUT2D eigenvalue weighted by atomic mass is 16.3. The second-order valence-corrected chi connectivity index (χ2v) is 5.34. The van der Waals surface area contributed by atoms with Gasteiger partial charge in [0.25, 0.3) is 0 Å². The Kier molecular flexibility index (Phi) is 3.50. The van der Waals surface area contributed by atoms with Crippen molar-refractivity contribution in [2.75, 3.05) is 26.3 Å². The highest BCUT2D eigenvalue weighted by molar-refractivity contribution is 5.76. The number of rotatable bonds is 4. The van der Waals surface area contributed by atoms with Gasteiger partial charge < -0.3 is 15.1 Å². The van der Waals surface area contributed by atoms with Crippen LogP contribution in [0.3, 0.4) is 0 Å². The lowest BCUT2D eigenvalue weighted by atomic mass is 9.80. The van der Waals surface area contributed by atoms with Crippen LogP contribution >= 0.6 is 0 Å². The highest BCUT2D eigenvalue weighted by Crippen LogP contribution is 2.35. The summed E-state index contributed by atoms with van der Waals surface area (Å²) in [5.41, 5.74) is -0.351. The summed E-state index contributed by atoms with van der Waals surface area (Å²) in [6, 6.07) is 0. The van der Waals surface area contributed by atoms with Gasteiger partial charge in [-0.1, -0.05) is 0 Å². The number of likely N-dealkylation sites (tertiary alicyclic amines) is 1. The fraction of sp³-hybridized carbons (Fsp3) is 0.917. The van der Waals surface area contributed by atoms with Gasteiger partial charge in [0.1, 0.15) is 0 Å². The van der Waals surface area contributed by atoms with Gasteiger partial charge in [0.15, 0.2) is 0 Å². The van der Waals surface area contributed by atoms with Crippen LogP contribution in [-0.4, -0.2) is 47.3 Å². The molecule has 1 saturated heterocycles. The molecule has 92 valence electrons. The molecule has 4 heteroatoms. The Morgan fingerprint density at radius 2 is 1.75 bits per heavy atom. The van der Waals surface area contributed by atoms with Crippen LogP contribution in [0, 0.1) is 11.3 Å². The molecule has 0 bridgehead atoms. The molecule has 0 spiro atoms. The molecule has 0 radical (unpaired) electrons. The molecule has 1 saturated carbocycles. The van der Waals surface area contributed by atoms with Crippen LogP contribution in [0.5, 0.6) is 0 Å². The first-order valence-corrected chi connectivity index (χ1v) is 6.19. The Morgan fingerprint density at radius 3 is 2.19 bits per heavy atom. The zero-order chi connectivity index (χ0) is 11.6. The molecule has 0 aromatic rings. The first-order valence-electron chi connectivity index (χ1n) is 6.19. The molecule has 4 nitrogen and oxygen atoms in total. The molecule has 1 aliphatic carbocycles. The van der Waals surface area contributed by atoms with E-state index in [9.17, 15) is 15.0 Å². The van der Waals surface area contributed by atoms with Gasteiger partial charge in [-0.05, 0) is 31.6 Å². The first kappa shape index (κ1) is 11.9. The minimum Gasteiger partial charge on any atom is -0.396 e. The average Bonchev–Trinajstić information content (AvgIpc) is 3.13. The molecule has 0 atom stereocenters. The largest absolute Gasteiger partial charge is 0.396 e. The van der Waals surface area contributed by atoms with E-state index in [0.29, 0.717) is 25.4 Å². The van der Waals surface area contributed by atoms with E-state index in [1.54, 1.807) is 0 Å². The van der Waals surface area contributed by atoms with Crippen molar-refractivity contribution in [1.29, 1.82) is 0 Å². The van der Waals surface area contributed by atoms with Gasteiger partial charge in [0.05, 0.1) is 13.2 Å². The van der Waals surface area contributed by atoms with Crippen LogP contribution < -0.4 is 0 Å². The van der Waals surface area contributed by atoms with Gasteiger partial charge in [-0.2, -0.15) is 0 Å². The van der Waals surface area contributed by atoms with Crippen molar-refractivity contribution >= 4 is 5.91 Å². The number of carbonyl (C=O) groups is 1. The third-order valence-corrected chi connectivity index (χ3v) is 4.01. The van der Waals surface area contributed by atoms with Crippen LogP contribution in [-0.2, 0) is 4.79 Å². The summed E-state index contributed by atoms with van der Waals surface area (Å²) in [5, 5.41) is 18.5. The Hall–Kier alpha value is -0.610. The van der Waals surface area contributed by atoms with Crippen molar-refractivity contribution in [3.63, 3.8) is 0 Å². The number of hydrogen-bond donors (Lipinski definition) is 2. The minimum absolute atomic E-state index is 0.0220. The fourth-order valence-electron chi connectivity index (χ4n) is 2.29. The van der Waals surface area contributed by atoms with E-state index >= 15 is 0 Å². The normalized spacial score (nSPS) is 24.5. The van der Waals surface area contributed by atoms with E-state index in [4.69, 9.17) is 0 Å². The summed E-state index contributed by atoms with van der Waals surface area (Å²) >= 11 is 0. The molecule has 1 aliphatic heterocycles. The zero-order valence-corrected chi connectivity index (χ0v) is 9.69. The van der Waals surface area contributed by atoms with Gasteiger partial charge in [0.2, 0.25) is 5.91 Å². The van der Waals surface area contributed by atoms with Crippen LogP contribution in [0.2, 0.25) is 0 Å². The topological polar surface area (TPSA) is 60.8 Å². The summed E-state index contributed by atoms with van der Waals surface area (Å²) in [5.74, 6) is 0.891. The number of nitrogens with zero attached hydrogens (tertiary/aromatic N) is 1. The van der Waals surface area contributed by atoms with Crippen molar-refractivity contribution in [1.82, 2.24) is 4.90 Å². The molecule has 2 fully saturated rings. The predicted molar refractivity (Wildman–Crippen MR) is 59.8 cm³/mol. The molecular weight excluding hydrogens is 206 g/mol. The van der Waals surface area contributed by atoms with E-state index in [1.807, 2.05) is 4.90 Å². The van der Waals surface area contributed by atoms with Gasteiger partial charge in [-0.15, -0.1) is 0 Å². The molecule has 1 heterocycles. The third-order valence-electron chi connectivity index (χ3n) is 4.01. The molecule has 0 unspecified atom stereocenters. The molecule has 2 N–H and O–H groups in total. The van der Waals surface area contributed by atoms with Gasteiger partial charge in [-0.3, -0.25) is 4.79 Å². The lowest BCUT2D eigenvalue weighted by molar-refractivity contribution is -0.135. The third kappa shape index (κ3) is 2.55. The van der Waals surface area contributed by atoms with E-state index < -0.39 is 0 Å². The maximum Gasteiger partial charge on any atom is 0.222 e. The summed E-state index contributed by atoms with van der Waals surface area (Å²) in [6.45, 7) is 1.42. The smallest absolute Gasteiger partial charge is 0.222 e. The van der Waals surface area contributed by atoms with Gasteiger partial charge in [-0.25, -0.2) is 0 Å². The van der Waals surface area contributed by atoms with Crippen LogP contribution in [0.1, 0.15) is 32.1 Å². The van der Waals surface area contributed by atoms with Gasteiger partial charge in [0, 0.05) is 24.9 Å². The predicted octanol–water partition coefficient (Wildman–Crippen LogP) is 0.380. The molecule has 1 amide bonds. The summed E-state index contributed by atoms with van der Waals surface area (Å²) < 4.78 is 0. The first-order chi connectivity index (χ1) is 7.69. The Balaban J connectivity index is 1.81. The minimum atomic E-state index is -0.351. The van der Waals surface area contributed by atoms with E-state index in [-0.39, 0.29) is 24.5 Å². The standard InChI is InChI=1S/C12H21NO3/c14-8-12(9-15)3-5-13(6-4-12)11(16)7-10-1-2-10/h10,14-15H,1-9H2. The zero-order valence-electron chi connectivity index (χ0n) is 9.69. The van der Waals surface area contributed by atoms with Crippen LogP contribution in [0.25, 0.3) is 0 Å². The molecule has 2 aliphatic rings. The van der Waals surface area contributed by atoms with E-state index in [1.165, 1.54) is 12.8 Å². The SMILES string of the molecule is O=C(CC1CC1)N1CCC(CO)(CO)CC1. The monoisotopic (exact) mass is 227 g/mol. The maximum atomic E-state index is 11.8. The van der Waals surface area contributed by atoms with Crippen molar-refractivity contribution in [2.24, 2.45) is 11.3 Å². The quantitative estimate of drug-likeness (QED) is 0.730. The highest BCUT2D eigenvalue weighted by Gasteiger charge is 2.36. The number of aliphatic hydroxyl groups is 2. The number of hydrogen-bond acceptors (Lipinski definition) is 3. The average molecular weight is 227 g/mol. The second-order valence-electron chi connectivity index (χ2n) is 5.34. The number of amides is 1. The Bertz CT molecular complexity index is 249. The summed E-state index contributed by atoms with van der Waals surface area (Å²) in [7, 11) is 0. The maximum absolute atomic E-state index is 11.8. The molecule has 0 aromatic carbocycles. The van der Waals surface area contributed by atoms with Crippen LogP contribution in [0.4, 0.5) is 0 Å². The number of aliphatic hydroxyl groups excluding tert-OH is 2. The van der Waals surface area contributed by atoms with Crippen LogP contribution in [0.15, 0.2) is 0 Å². The van der Waals surface area contributed by atoms with Crippen molar-refractivity contribution < 1.29 is 15.0 Å². The summed E-state index contributed by atoms with van der Waals surface area (Å²) in [4.78, 5) is 13.7. The van der Waals surface area contributed by atoms with Crippen molar-refractivity contribution in [3.05, 3.63) is 0 Å². The number of carbonyl (C=O) groups excluding carboxylic acids is 1. The summed E-state index contributed by atoms with van der Waals surface area (Å²) in [6.07, 6.45) is 4.55. The Morgan fingerprint density at radius 1 is 1.19 bits per heavy atom. The fourth-order valence-corrected chi connectivity index (χ4v) is 2.29. The van der Waals surface area contributed by atoms with E-state index in [0.717, 1.165) is 12.8 Å².